The summed E-state index contributed by atoms with van der Waals surface area (Å²) in [5.41, 5.74) is 0.600. The molecule has 1 rings (SSSR count). The van der Waals surface area contributed by atoms with Crippen molar-refractivity contribution < 1.29 is 8.42 Å². The van der Waals surface area contributed by atoms with Crippen LogP contribution in [0.1, 0.15) is 13.3 Å². The molecule has 0 aliphatic carbocycles. The second-order valence-corrected chi connectivity index (χ2v) is 5.68. The van der Waals surface area contributed by atoms with E-state index >= 15 is 0 Å². The zero-order valence-corrected chi connectivity index (χ0v) is 10.7. The summed E-state index contributed by atoms with van der Waals surface area (Å²) in [5, 5.41) is -0.507. The minimum absolute atomic E-state index is 0.507. The van der Waals surface area contributed by atoms with Crippen molar-refractivity contribution in [2.45, 2.75) is 18.7 Å². The van der Waals surface area contributed by atoms with Crippen molar-refractivity contribution in [2.24, 2.45) is 0 Å². The smallest absolute Gasteiger partial charge is 0.248 e. The van der Waals surface area contributed by atoms with Crippen LogP contribution in [0.5, 0.6) is 0 Å². The van der Waals surface area contributed by atoms with Crippen LogP contribution in [-0.4, -0.2) is 32.8 Å². The van der Waals surface area contributed by atoms with Gasteiger partial charge >= 0.3 is 0 Å². The van der Waals surface area contributed by atoms with Crippen LogP contribution in [0.15, 0.2) is 30.3 Å². The SMILES string of the molecule is CCC(N(C)C)S(=O)(=O)Nc1ccccc1. The molecule has 4 nitrogen and oxygen atoms in total. The number of para-hydroxylation sites is 1. The molecule has 1 unspecified atom stereocenters. The van der Waals surface area contributed by atoms with Crippen molar-refractivity contribution in [1.82, 2.24) is 4.90 Å². The molecule has 1 atom stereocenters. The van der Waals surface area contributed by atoms with Gasteiger partial charge in [0.1, 0.15) is 5.37 Å². The summed E-state index contributed by atoms with van der Waals surface area (Å²) in [5.74, 6) is 0. The fraction of sp³-hybridized carbons (Fsp3) is 0.455. The summed E-state index contributed by atoms with van der Waals surface area (Å²) < 4.78 is 26.6. The molecule has 0 radical (unpaired) electrons. The van der Waals surface area contributed by atoms with Gasteiger partial charge in [-0.15, -0.1) is 0 Å². The first-order valence-corrected chi connectivity index (χ1v) is 6.75. The van der Waals surface area contributed by atoms with Crippen LogP contribution in [0.25, 0.3) is 0 Å². The van der Waals surface area contributed by atoms with Crippen molar-refractivity contribution >= 4 is 15.7 Å². The summed E-state index contributed by atoms with van der Waals surface area (Å²) in [6.07, 6.45) is 0.551. The van der Waals surface area contributed by atoms with Gasteiger partial charge in [-0.1, -0.05) is 25.1 Å². The monoisotopic (exact) mass is 242 g/mol. The van der Waals surface area contributed by atoms with E-state index in [2.05, 4.69) is 4.72 Å². The van der Waals surface area contributed by atoms with E-state index in [-0.39, 0.29) is 0 Å². The first-order chi connectivity index (χ1) is 7.47. The van der Waals surface area contributed by atoms with E-state index in [1.807, 2.05) is 13.0 Å². The Morgan fingerprint density at radius 1 is 1.25 bits per heavy atom. The fourth-order valence-electron chi connectivity index (χ4n) is 1.60. The highest BCUT2D eigenvalue weighted by atomic mass is 32.2. The van der Waals surface area contributed by atoms with Crippen LogP contribution >= 0.6 is 0 Å². The van der Waals surface area contributed by atoms with Gasteiger partial charge in [-0.2, -0.15) is 0 Å². The summed E-state index contributed by atoms with van der Waals surface area (Å²) in [7, 11) is 0.176. The molecule has 0 saturated heterocycles. The molecule has 0 aromatic heterocycles. The fourth-order valence-corrected chi connectivity index (χ4v) is 3.20. The summed E-state index contributed by atoms with van der Waals surface area (Å²) in [4.78, 5) is 1.70. The summed E-state index contributed by atoms with van der Waals surface area (Å²) >= 11 is 0. The predicted molar refractivity (Wildman–Crippen MR) is 66.8 cm³/mol. The van der Waals surface area contributed by atoms with E-state index in [1.54, 1.807) is 43.3 Å². The van der Waals surface area contributed by atoms with Gasteiger partial charge in [0.05, 0.1) is 0 Å². The molecule has 0 fully saturated rings. The molecule has 0 aliphatic heterocycles. The number of nitrogens with one attached hydrogen (secondary N) is 1. The topological polar surface area (TPSA) is 49.4 Å². The van der Waals surface area contributed by atoms with Crippen LogP contribution in [0, 0.1) is 0 Å². The zero-order chi connectivity index (χ0) is 12.2. The lowest BCUT2D eigenvalue weighted by Crippen LogP contribution is -2.38. The third-order valence-corrected chi connectivity index (χ3v) is 4.31. The first-order valence-electron chi connectivity index (χ1n) is 5.20. The molecule has 1 N–H and O–H groups in total. The number of hydrogen-bond donors (Lipinski definition) is 1. The number of sulfonamides is 1. The third kappa shape index (κ3) is 3.21. The molecule has 1 aromatic rings. The molecular formula is C11H18N2O2S. The number of rotatable bonds is 5. The minimum atomic E-state index is -3.35. The van der Waals surface area contributed by atoms with Crippen molar-refractivity contribution in [1.29, 1.82) is 0 Å². The van der Waals surface area contributed by atoms with Gasteiger partial charge in [0.25, 0.3) is 0 Å². The molecule has 0 amide bonds. The van der Waals surface area contributed by atoms with Gasteiger partial charge in [-0.25, -0.2) is 8.42 Å². The van der Waals surface area contributed by atoms with Gasteiger partial charge in [-0.3, -0.25) is 9.62 Å². The average molecular weight is 242 g/mol. The summed E-state index contributed by atoms with van der Waals surface area (Å²) in [6.45, 7) is 1.86. The Morgan fingerprint density at radius 3 is 2.25 bits per heavy atom. The van der Waals surface area contributed by atoms with E-state index in [9.17, 15) is 8.42 Å². The van der Waals surface area contributed by atoms with Crippen LogP contribution in [0.4, 0.5) is 5.69 Å². The quantitative estimate of drug-likeness (QED) is 0.855. The van der Waals surface area contributed by atoms with E-state index < -0.39 is 15.4 Å². The molecule has 5 heteroatoms. The van der Waals surface area contributed by atoms with Crippen molar-refractivity contribution in [2.75, 3.05) is 18.8 Å². The Labute approximate surface area is 97.3 Å². The molecule has 1 aromatic carbocycles. The second kappa shape index (κ2) is 5.32. The van der Waals surface area contributed by atoms with Crippen LogP contribution in [0.3, 0.4) is 0 Å². The lowest BCUT2D eigenvalue weighted by atomic mass is 10.3. The van der Waals surface area contributed by atoms with Crippen LogP contribution in [0.2, 0.25) is 0 Å². The number of benzene rings is 1. The third-order valence-electron chi connectivity index (χ3n) is 2.32. The van der Waals surface area contributed by atoms with Crippen LogP contribution < -0.4 is 4.72 Å². The zero-order valence-electron chi connectivity index (χ0n) is 9.84. The Balaban J connectivity index is 2.87. The highest BCUT2D eigenvalue weighted by molar-refractivity contribution is 7.93. The highest BCUT2D eigenvalue weighted by Crippen LogP contribution is 2.14. The van der Waals surface area contributed by atoms with E-state index in [4.69, 9.17) is 0 Å². The highest BCUT2D eigenvalue weighted by Gasteiger charge is 2.25. The van der Waals surface area contributed by atoms with Gasteiger partial charge in [0, 0.05) is 5.69 Å². The normalized spacial score (nSPS) is 13.8. The van der Waals surface area contributed by atoms with Crippen molar-refractivity contribution in [3.8, 4) is 0 Å². The Hall–Kier alpha value is -1.07. The number of anilines is 1. The lowest BCUT2D eigenvalue weighted by molar-refractivity contribution is 0.357. The first kappa shape index (κ1) is 13.0. The minimum Gasteiger partial charge on any atom is -0.292 e. The van der Waals surface area contributed by atoms with Gasteiger partial charge in [0.2, 0.25) is 10.0 Å². The Morgan fingerprint density at radius 2 is 1.81 bits per heavy atom. The van der Waals surface area contributed by atoms with E-state index in [1.165, 1.54) is 0 Å². The van der Waals surface area contributed by atoms with E-state index in [0.29, 0.717) is 12.1 Å². The molecule has 90 valence electrons. The molecular weight excluding hydrogens is 224 g/mol. The molecule has 0 spiro atoms. The number of hydrogen-bond acceptors (Lipinski definition) is 3. The standard InChI is InChI=1S/C11H18N2O2S/c1-4-11(13(2)3)16(14,15)12-10-8-6-5-7-9-10/h5-9,11-12H,4H2,1-3H3. The van der Waals surface area contributed by atoms with Crippen molar-refractivity contribution in [3.05, 3.63) is 30.3 Å². The molecule has 0 heterocycles. The van der Waals surface area contributed by atoms with Gasteiger partial charge in [0.15, 0.2) is 0 Å². The maximum atomic E-state index is 12.0. The van der Waals surface area contributed by atoms with Gasteiger partial charge in [-0.05, 0) is 32.6 Å². The number of nitrogens with zero attached hydrogens (tertiary/aromatic N) is 1. The Bertz CT molecular complexity index is 415. The largest absolute Gasteiger partial charge is 0.292 e. The molecule has 0 bridgehead atoms. The maximum absolute atomic E-state index is 12.0. The van der Waals surface area contributed by atoms with Crippen molar-refractivity contribution in [3.63, 3.8) is 0 Å². The second-order valence-electron chi connectivity index (χ2n) is 3.84. The summed E-state index contributed by atoms with van der Waals surface area (Å²) in [6, 6.07) is 8.92. The molecule has 0 saturated carbocycles. The van der Waals surface area contributed by atoms with Crippen LogP contribution in [-0.2, 0) is 10.0 Å². The average Bonchev–Trinajstić information content (AvgIpc) is 2.18. The van der Waals surface area contributed by atoms with E-state index in [0.717, 1.165) is 0 Å². The van der Waals surface area contributed by atoms with Gasteiger partial charge < -0.3 is 0 Å². The molecule has 0 aliphatic rings. The molecule has 16 heavy (non-hydrogen) atoms. The Kier molecular flexibility index (Phi) is 4.32. The predicted octanol–water partition coefficient (Wildman–Crippen LogP) is 1.73. The lowest BCUT2D eigenvalue weighted by Gasteiger charge is -2.23. The maximum Gasteiger partial charge on any atom is 0.248 e.